The quantitative estimate of drug-likeness (QED) is 0.538. The Bertz CT molecular complexity index is 1130. The standard InChI is InChI=1S/C21H21N7O2/c1-2-18(29)28-9-7-15(12-28)25-17-11-24-19(20(22)30)21(27-17)26-14-5-6-16-13(10-14)4-3-8-23-16/h2-6,8,10-11,15H,1,7,9,12H2,(H2,22,30)(H2,25,26,27)/t15-/m1/s1. The summed E-state index contributed by atoms with van der Waals surface area (Å²) in [5.41, 5.74) is 7.11. The van der Waals surface area contributed by atoms with E-state index in [9.17, 15) is 9.59 Å². The number of hydrogen-bond acceptors (Lipinski definition) is 7. The lowest BCUT2D eigenvalue weighted by molar-refractivity contribution is -0.125. The highest BCUT2D eigenvalue weighted by Crippen LogP contribution is 2.23. The molecule has 1 aliphatic heterocycles. The normalized spacial score (nSPS) is 15.7. The van der Waals surface area contributed by atoms with Crippen molar-refractivity contribution >= 4 is 40.0 Å². The Hall–Kier alpha value is -4.01. The van der Waals surface area contributed by atoms with E-state index >= 15 is 0 Å². The first-order valence-electron chi connectivity index (χ1n) is 9.50. The average molecular weight is 403 g/mol. The third-order valence-electron chi connectivity index (χ3n) is 4.90. The van der Waals surface area contributed by atoms with Gasteiger partial charge in [-0.2, -0.15) is 0 Å². The van der Waals surface area contributed by atoms with Crippen LogP contribution in [0.4, 0.5) is 17.3 Å². The minimum absolute atomic E-state index is 0.0298. The van der Waals surface area contributed by atoms with E-state index in [1.54, 1.807) is 11.1 Å². The van der Waals surface area contributed by atoms with Gasteiger partial charge in [-0.1, -0.05) is 12.6 Å². The first-order valence-corrected chi connectivity index (χ1v) is 9.50. The lowest BCUT2D eigenvalue weighted by Crippen LogP contribution is -2.30. The number of anilines is 3. The maximum Gasteiger partial charge on any atom is 0.271 e. The van der Waals surface area contributed by atoms with Crippen molar-refractivity contribution in [3.63, 3.8) is 0 Å². The first-order chi connectivity index (χ1) is 14.5. The van der Waals surface area contributed by atoms with Gasteiger partial charge in [-0.05, 0) is 36.8 Å². The smallest absolute Gasteiger partial charge is 0.271 e. The minimum Gasteiger partial charge on any atom is -0.364 e. The molecule has 4 N–H and O–H groups in total. The van der Waals surface area contributed by atoms with Crippen molar-refractivity contribution < 1.29 is 9.59 Å². The van der Waals surface area contributed by atoms with Gasteiger partial charge in [0.15, 0.2) is 11.5 Å². The van der Waals surface area contributed by atoms with E-state index in [1.807, 2.05) is 30.3 Å². The molecule has 1 atom stereocenters. The van der Waals surface area contributed by atoms with Gasteiger partial charge in [0, 0.05) is 36.4 Å². The number of fused-ring (bicyclic) bond motifs is 1. The third-order valence-corrected chi connectivity index (χ3v) is 4.90. The average Bonchev–Trinajstić information content (AvgIpc) is 3.21. The van der Waals surface area contributed by atoms with Crippen LogP contribution in [0.2, 0.25) is 0 Å². The number of primary amides is 1. The summed E-state index contributed by atoms with van der Waals surface area (Å²) in [4.78, 5) is 38.3. The van der Waals surface area contributed by atoms with Crippen LogP contribution in [-0.2, 0) is 4.79 Å². The Kier molecular flexibility index (Phi) is 5.25. The van der Waals surface area contributed by atoms with Crippen LogP contribution in [0, 0.1) is 0 Å². The van der Waals surface area contributed by atoms with Gasteiger partial charge in [0.1, 0.15) is 5.82 Å². The molecule has 1 saturated heterocycles. The second-order valence-corrected chi connectivity index (χ2v) is 6.97. The molecule has 0 spiro atoms. The van der Waals surface area contributed by atoms with Gasteiger partial charge in [-0.25, -0.2) is 9.97 Å². The van der Waals surface area contributed by atoms with Crippen LogP contribution in [0.5, 0.6) is 0 Å². The number of aromatic nitrogens is 3. The number of rotatable bonds is 6. The Labute approximate surface area is 173 Å². The van der Waals surface area contributed by atoms with E-state index in [2.05, 4.69) is 32.2 Å². The van der Waals surface area contributed by atoms with Crippen molar-refractivity contribution in [1.82, 2.24) is 19.9 Å². The summed E-state index contributed by atoms with van der Waals surface area (Å²) in [5.74, 6) is -0.0270. The molecule has 3 aromatic rings. The topological polar surface area (TPSA) is 126 Å². The lowest BCUT2D eigenvalue weighted by atomic mass is 10.2. The molecule has 4 rings (SSSR count). The summed E-state index contributed by atoms with van der Waals surface area (Å²) in [6.45, 7) is 4.71. The number of carbonyl (C=O) groups is 2. The van der Waals surface area contributed by atoms with Crippen LogP contribution in [0.1, 0.15) is 16.9 Å². The highest BCUT2D eigenvalue weighted by molar-refractivity contribution is 5.96. The largest absolute Gasteiger partial charge is 0.364 e. The monoisotopic (exact) mass is 403 g/mol. The number of amides is 2. The number of likely N-dealkylation sites (tertiary alicyclic amines) is 1. The molecule has 9 heteroatoms. The van der Waals surface area contributed by atoms with Crippen LogP contribution in [-0.4, -0.2) is 50.8 Å². The number of nitrogens with two attached hydrogens (primary N) is 1. The van der Waals surface area contributed by atoms with E-state index in [4.69, 9.17) is 5.73 Å². The zero-order valence-electron chi connectivity index (χ0n) is 16.2. The maximum absolute atomic E-state index is 11.8. The van der Waals surface area contributed by atoms with Crippen LogP contribution in [0.3, 0.4) is 0 Å². The molecular formula is C21H21N7O2. The van der Waals surface area contributed by atoms with Crippen LogP contribution in [0.25, 0.3) is 10.9 Å². The van der Waals surface area contributed by atoms with E-state index in [-0.39, 0.29) is 23.5 Å². The van der Waals surface area contributed by atoms with E-state index in [1.165, 1.54) is 12.3 Å². The van der Waals surface area contributed by atoms with Gasteiger partial charge in [0.05, 0.1) is 11.7 Å². The summed E-state index contributed by atoms with van der Waals surface area (Å²) in [7, 11) is 0. The molecule has 0 bridgehead atoms. The fourth-order valence-electron chi connectivity index (χ4n) is 3.43. The Morgan fingerprint density at radius 3 is 2.93 bits per heavy atom. The van der Waals surface area contributed by atoms with Crippen molar-refractivity contribution in [3.8, 4) is 0 Å². The van der Waals surface area contributed by atoms with Crippen LogP contribution in [0.15, 0.2) is 55.4 Å². The summed E-state index contributed by atoms with van der Waals surface area (Å²) in [5, 5.41) is 7.34. The number of carbonyl (C=O) groups excluding carboxylic acids is 2. The van der Waals surface area contributed by atoms with Gasteiger partial charge < -0.3 is 21.3 Å². The molecule has 0 unspecified atom stereocenters. The molecule has 1 fully saturated rings. The number of nitrogens with zero attached hydrogens (tertiary/aromatic N) is 4. The number of hydrogen-bond donors (Lipinski definition) is 3. The second-order valence-electron chi connectivity index (χ2n) is 6.97. The van der Waals surface area contributed by atoms with Crippen LogP contribution < -0.4 is 16.4 Å². The van der Waals surface area contributed by atoms with Crippen molar-refractivity contribution in [1.29, 1.82) is 0 Å². The summed E-state index contributed by atoms with van der Waals surface area (Å²) in [6, 6.07) is 9.46. The lowest BCUT2D eigenvalue weighted by Gasteiger charge is -2.17. The van der Waals surface area contributed by atoms with Crippen molar-refractivity contribution in [2.45, 2.75) is 12.5 Å². The van der Waals surface area contributed by atoms with Gasteiger partial charge >= 0.3 is 0 Å². The van der Waals surface area contributed by atoms with Gasteiger partial charge in [-0.3, -0.25) is 14.6 Å². The Morgan fingerprint density at radius 2 is 2.13 bits per heavy atom. The molecule has 9 nitrogen and oxygen atoms in total. The molecule has 30 heavy (non-hydrogen) atoms. The predicted molar refractivity (Wildman–Crippen MR) is 114 cm³/mol. The molecule has 152 valence electrons. The fourth-order valence-corrected chi connectivity index (χ4v) is 3.43. The number of pyridine rings is 1. The zero-order chi connectivity index (χ0) is 21.1. The summed E-state index contributed by atoms with van der Waals surface area (Å²) >= 11 is 0. The predicted octanol–water partition coefficient (Wildman–Crippen LogP) is 2.07. The molecule has 1 aliphatic rings. The molecule has 0 saturated carbocycles. The van der Waals surface area contributed by atoms with Crippen LogP contribution >= 0.6 is 0 Å². The zero-order valence-corrected chi connectivity index (χ0v) is 16.2. The minimum atomic E-state index is -0.678. The van der Waals surface area contributed by atoms with E-state index in [0.717, 1.165) is 23.0 Å². The highest BCUT2D eigenvalue weighted by atomic mass is 16.2. The van der Waals surface area contributed by atoms with Gasteiger partial charge in [0.25, 0.3) is 5.91 Å². The number of benzene rings is 1. The Balaban J connectivity index is 1.56. The molecular weight excluding hydrogens is 382 g/mol. The van der Waals surface area contributed by atoms with E-state index < -0.39 is 5.91 Å². The molecule has 3 heterocycles. The van der Waals surface area contributed by atoms with Crippen molar-refractivity contribution in [3.05, 3.63) is 61.1 Å². The summed E-state index contributed by atoms with van der Waals surface area (Å²) < 4.78 is 0. The Morgan fingerprint density at radius 1 is 1.27 bits per heavy atom. The molecule has 0 radical (unpaired) electrons. The maximum atomic E-state index is 11.8. The molecule has 2 aromatic heterocycles. The molecule has 2 amide bonds. The molecule has 0 aliphatic carbocycles. The highest BCUT2D eigenvalue weighted by Gasteiger charge is 2.25. The van der Waals surface area contributed by atoms with Gasteiger partial charge in [0.2, 0.25) is 5.91 Å². The SMILES string of the molecule is C=CC(=O)N1CC[C@@H](Nc2cnc(C(N)=O)c(Nc3ccc4ncccc4c3)n2)C1. The second kappa shape index (κ2) is 8.16. The third kappa shape index (κ3) is 4.04. The van der Waals surface area contributed by atoms with Crippen molar-refractivity contribution in [2.75, 3.05) is 23.7 Å². The van der Waals surface area contributed by atoms with Crippen molar-refractivity contribution in [2.24, 2.45) is 5.73 Å². The first kappa shape index (κ1) is 19.3. The van der Waals surface area contributed by atoms with Gasteiger partial charge in [-0.15, -0.1) is 0 Å². The fraction of sp³-hybridized carbons (Fsp3) is 0.190. The number of nitrogens with one attached hydrogen (secondary N) is 2. The summed E-state index contributed by atoms with van der Waals surface area (Å²) in [6.07, 6.45) is 5.28. The van der Waals surface area contributed by atoms with E-state index in [0.29, 0.717) is 18.9 Å². The molecule has 1 aromatic carbocycles.